The number of anilines is 2. The van der Waals surface area contributed by atoms with E-state index in [1.54, 1.807) is 12.1 Å². The molecule has 0 saturated heterocycles. The molecule has 3 nitrogen and oxygen atoms in total. The highest BCUT2D eigenvalue weighted by atomic mass is 32.1. The molecule has 0 aliphatic heterocycles. The van der Waals surface area contributed by atoms with Crippen LogP contribution in [0.25, 0.3) is 21.9 Å². The van der Waals surface area contributed by atoms with Crippen LogP contribution in [0.15, 0.2) is 87.5 Å². The Morgan fingerprint density at radius 2 is 1.55 bits per heavy atom. The van der Waals surface area contributed by atoms with E-state index in [1.807, 2.05) is 60.7 Å². The van der Waals surface area contributed by atoms with Gasteiger partial charge in [-0.05, 0) is 53.4 Å². The largest absolute Gasteiger partial charge is 0.398 e. The molecule has 0 fully saturated rings. The van der Waals surface area contributed by atoms with Crippen LogP contribution in [0.3, 0.4) is 0 Å². The lowest BCUT2D eigenvalue weighted by Gasteiger charge is -2.13. The molecule has 4 rings (SSSR count). The quantitative estimate of drug-likeness (QED) is 0.197. The van der Waals surface area contributed by atoms with Gasteiger partial charge in [0.2, 0.25) is 0 Å². The van der Waals surface area contributed by atoms with Gasteiger partial charge in [0.05, 0.1) is 5.69 Å². The molecule has 0 saturated carbocycles. The molecule has 1 amide bonds. The molecule has 0 bridgehead atoms. The second-order valence-electron chi connectivity index (χ2n) is 6.64. The summed E-state index contributed by atoms with van der Waals surface area (Å²) in [6.45, 7) is 0. The Hall–Kier alpha value is -2.54. The summed E-state index contributed by atoms with van der Waals surface area (Å²) in [5, 5.41) is 4.71. The van der Waals surface area contributed by atoms with Crippen LogP contribution < -0.4 is 11.1 Å². The van der Waals surface area contributed by atoms with Crippen molar-refractivity contribution in [3.05, 3.63) is 78.4 Å². The van der Waals surface area contributed by atoms with Gasteiger partial charge in [-0.2, -0.15) is 0 Å². The first kappa shape index (κ1) is 19.8. The van der Waals surface area contributed by atoms with Crippen molar-refractivity contribution in [3.8, 4) is 11.1 Å². The van der Waals surface area contributed by atoms with Crippen LogP contribution in [0.1, 0.15) is 10.4 Å². The van der Waals surface area contributed by atoms with Gasteiger partial charge in [-0.15, -0.1) is 37.9 Å². The maximum Gasteiger partial charge on any atom is 0.255 e. The highest BCUT2D eigenvalue weighted by molar-refractivity contribution is 7.81. The topological polar surface area (TPSA) is 55.1 Å². The minimum absolute atomic E-state index is 0.200. The van der Waals surface area contributed by atoms with Crippen LogP contribution in [0.5, 0.6) is 0 Å². The molecule has 0 aromatic heterocycles. The number of carbonyl (C=O) groups is 1. The first-order chi connectivity index (χ1) is 13.9. The van der Waals surface area contributed by atoms with E-state index in [9.17, 15) is 4.79 Å². The Balaban J connectivity index is 1.65. The fourth-order valence-corrected chi connectivity index (χ4v) is 4.28. The molecule has 0 aliphatic rings. The maximum atomic E-state index is 12.8. The molecule has 0 aliphatic carbocycles. The molecule has 6 heteroatoms. The summed E-state index contributed by atoms with van der Waals surface area (Å²) in [6, 6.07) is 22.5. The van der Waals surface area contributed by atoms with Crippen molar-refractivity contribution in [2.24, 2.45) is 0 Å². The third kappa shape index (κ3) is 3.96. The minimum Gasteiger partial charge on any atom is -0.398 e. The number of benzene rings is 4. The molecule has 3 N–H and O–H groups in total. The lowest BCUT2D eigenvalue weighted by atomic mass is 10.0. The summed E-state index contributed by atoms with van der Waals surface area (Å²) < 4.78 is 0. The van der Waals surface area contributed by atoms with Gasteiger partial charge in [-0.3, -0.25) is 4.79 Å². The summed E-state index contributed by atoms with van der Waals surface area (Å²) in [7, 11) is 0. The molecule has 144 valence electrons. The predicted octanol–water partition coefficient (Wildman–Crippen LogP) is 6.21. The van der Waals surface area contributed by atoms with Crippen molar-refractivity contribution in [1.29, 1.82) is 0 Å². The van der Waals surface area contributed by atoms with E-state index in [2.05, 4.69) is 43.2 Å². The normalized spacial score (nSPS) is 10.9. The van der Waals surface area contributed by atoms with Crippen LogP contribution >= 0.6 is 37.9 Å². The fraction of sp³-hybridized carbons (Fsp3) is 0. The molecule has 4 aromatic rings. The smallest absolute Gasteiger partial charge is 0.255 e. The zero-order valence-electron chi connectivity index (χ0n) is 15.3. The average molecular weight is 435 g/mol. The highest BCUT2D eigenvalue weighted by Gasteiger charge is 2.13. The molecule has 4 aromatic carbocycles. The molecule has 0 radical (unpaired) electrons. The molecule has 0 atom stereocenters. The first-order valence-electron chi connectivity index (χ1n) is 8.88. The Morgan fingerprint density at radius 3 is 2.28 bits per heavy atom. The van der Waals surface area contributed by atoms with Gasteiger partial charge in [0.1, 0.15) is 0 Å². The van der Waals surface area contributed by atoms with E-state index < -0.39 is 0 Å². The van der Waals surface area contributed by atoms with Crippen molar-refractivity contribution in [2.45, 2.75) is 14.7 Å². The SMILES string of the molecule is Nc1ccccc1-c1ccc(C(=O)Nc2ccc(S)c3cc(S)cc(S)c23)cc1. The Morgan fingerprint density at radius 1 is 0.828 bits per heavy atom. The van der Waals surface area contributed by atoms with E-state index in [1.165, 1.54) is 0 Å². The third-order valence-electron chi connectivity index (χ3n) is 4.72. The minimum atomic E-state index is -0.200. The molecule has 0 unspecified atom stereocenters. The molecule has 0 spiro atoms. The predicted molar refractivity (Wildman–Crippen MR) is 130 cm³/mol. The standard InChI is InChI=1S/C23H18N2OS3/c24-18-4-2-1-3-16(18)13-5-7-14(8-6-13)23(26)25-19-9-10-20(28)17-11-15(27)12-21(29)22(17)19/h1-12,27-29H,24H2,(H,25,26). The number of para-hydroxylation sites is 1. The van der Waals surface area contributed by atoms with Gasteiger partial charge in [0, 0.05) is 36.9 Å². The number of rotatable bonds is 3. The van der Waals surface area contributed by atoms with Gasteiger partial charge >= 0.3 is 0 Å². The zero-order chi connectivity index (χ0) is 20.5. The first-order valence-corrected chi connectivity index (χ1v) is 10.2. The number of thiol groups is 3. The van der Waals surface area contributed by atoms with Crippen LogP contribution in [0, 0.1) is 0 Å². The Bertz CT molecular complexity index is 1240. The van der Waals surface area contributed by atoms with E-state index in [0.29, 0.717) is 16.9 Å². The van der Waals surface area contributed by atoms with Crippen LogP contribution in [0.2, 0.25) is 0 Å². The fourth-order valence-electron chi connectivity index (χ4n) is 3.29. The van der Waals surface area contributed by atoms with Gasteiger partial charge in [-0.25, -0.2) is 0 Å². The second kappa shape index (κ2) is 8.06. The van der Waals surface area contributed by atoms with Crippen LogP contribution in [-0.2, 0) is 0 Å². The number of nitrogens with one attached hydrogen (secondary N) is 1. The molecule has 29 heavy (non-hydrogen) atoms. The average Bonchev–Trinajstić information content (AvgIpc) is 2.70. The number of amides is 1. The van der Waals surface area contributed by atoms with Gasteiger partial charge in [0.25, 0.3) is 5.91 Å². The third-order valence-corrected chi connectivity index (χ3v) is 5.72. The summed E-state index contributed by atoms with van der Waals surface area (Å²) in [5.41, 5.74) is 9.88. The lowest BCUT2D eigenvalue weighted by molar-refractivity contribution is 0.102. The van der Waals surface area contributed by atoms with Gasteiger partial charge < -0.3 is 11.1 Å². The van der Waals surface area contributed by atoms with E-state index in [4.69, 9.17) is 5.73 Å². The molecular formula is C23H18N2OS3. The number of carbonyl (C=O) groups excluding carboxylic acids is 1. The second-order valence-corrected chi connectivity index (χ2v) is 8.12. The van der Waals surface area contributed by atoms with Crippen molar-refractivity contribution in [3.63, 3.8) is 0 Å². The summed E-state index contributed by atoms with van der Waals surface area (Å²) in [6.07, 6.45) is 0. The monoisotopic (exact) mass is 434 g/mol. The van der Waals surface area contributed by atoms with Crippen molar-refractivity contribution in [1.82, 2.24) is 0 Å². The van der Waals surface area contributed by atoms with E-state index >= 15 is 0 Å². The number of nitrogens with two attached hydrogens (primary N) is 1. The van der Waals surface area contributed by atoms with Crippen molar-refractivity contribution < 1.29 is 4.79 Å². The number of fused-ring (bicyclic) bond motifs is 1. The maximum absolute atomic E-state index is 12.8. The zero-order valence-corrected chi connectivity index (χ0v) is 17.9. The number of nitrogen functional groups attached to an aromatic ring is 1. The Kier molecular flexibility index (Phi) is 5.50. The number of hydrogen-bond acceptors (Lipinski definition) is 5. The Labute approximate surface area is 185 Å². The summed E-state index contributed by atoms with van der Waals surface area (Å²) >= 11 is 13.5. The van der Waals surface area contributed by atoms with Gasteiger partial charge in [-0.1, -0.05) is 30.3 Å². The number of hydrogen-bond donors (Lipinski definition) is 5. The lowest BCUT2D eigenvalue weighted by Crippen LogP contribution is -2.12. The molecule has 0 heterocycles. The van der Waals surface area contributed by atoms with Crippen LogP contribution in [0.4, 0.5) is 11.4 Å². The highest BCUT2D eigenvalue weighted by Crippen LogP contribution is 2.36. The van der Waals surface area contributed by atoms with Crippen molar-refractivity contribution in [2.75, 3.05) is 11.1 Å². The van der Waals surface area contributed by atoms with E-state index in [-0.39, 0.29) is 5.91 Å². The van der Waals surface area contributed by atoms with Crippen LogP contribution in [-0.4, -0.2) is 5.91 Å². The van der Waals surface area contributed by atoms with Crippen molar-refractivity contribution >= 4 is 65.9 Å². The molecular weight excluding hydrogens is 416 g/mol. The summed E-state index contributed by atoms with van der Waals surface area (Å²) in [5.74, 6) is -0.200. The van der Waals surface area contributed by atoms with Gasteiger partial charge in [0.15, 0.2) is 0 Å². The summed E-state index contributed by atoms with van der Waals surface area (Å²) in [4.78, 5) is 15.2. The van der Waals surface area contributed by atoms with E-state index in [0.717, 1.165) is 36.6 Å².